The Labute approximate surface area is 190 Å². The molecule has 1 saturated heterocycles. The van der Waals surface area contributed by atoms with Crippen molar-refractivity contribution in [3.8, 4) is 17.2 Å². The minimum absolute atomic E-state index is 0.281. The quantitative estimate of drug-likeness (QED) is 0.531. The van der Waals surface area contributed by atoms with Crippen LogP contribution in [0.4, 0.5) is 0 Å². The summed E-state index contributed by atoms with van der Waals surface area (Å²) >= 11 is 0. The maximum Gasteiger partial charge on any atom is 0.231 e. The standard InChI is InChI=1S/C27H30N2O3/c1-2-4-23(5-3-1)19-29-16-14-28(15-17-29)13-12-22-6-8-24(9-7-22)20-30-25-10-11-26-27(18-25)32-21-31-26/h1-11,18H,12-17,19-21H2. The molecule has 5 rings (SSSR count). The third-order valence-corrected chi connectivity index (χ3v) is 6.20. The van der Waals surface area contributed by atoms with Gasteiger partial charge in [0.15, 0.2) is 11.5 Å². The fourth-order valence-corrected chi connectivity index (χ4v) is 4.24. The van der Waals surface area contributed by atoms with Crippen LogP contribution in [0.25, 0.3) is 0 Å². The van der Waals surface area contributed by atoms with Crippen LogP contribution in [-0.4, -0.2) is 49.3 Å². The first-order valence-corrected chi connectivity index (χ1v) is 11.4. The van der Waals surface area contributed by atoms with Gasteiger partial charge in [-0.3, -0.25) is 4.90 Å². The molecule has 1 fully saturated rings. The van der Waals surface area contributed by atoms with Crippen molar-refractivity contribution >= 4 is 0 Å². The summed E-state index contributed by atoms with van der Waals surface area (Å²) in [6.07, 6.45) is 1.09. The predicted octanol–water partition coefficient (Wildman–Crippen LogP) is 4.35. The maximum absolute atomic E-state index is 5.92. The molecule has 0 radical (unpaired) electrons. The third kappa shape index (κ3) is 5.42. The Balaban J connectivity index is 1.04. The van der Waals surface area contributed by atoms with Crippen molar-refractivity contribution in [3.05, 3.63) is 89.5 Å². The lowest BCUT2D eigenvalue weighted by Crippen LogP contribution is -2.46. The number of rotatable bonds is 8. The fraction of sp³-hybridized carbons (Fsp3) is 0.333. The highest BCUT2D eigenvalue weighted by molar-refractivity contribution is 5.46. The summed E-state index contributed by atoms with van der Waals surface area (Å²) in [5.41, 5.74) is 3.95. The smallest absolute Gasteiger partial charge is 0.231 e. The number of nitrogens with zero attached hydrogens (tertiary/aromatic N) is 2. The Morgan fingerprint density at radius 2 is 1.41 bits per heavy atom. The molecule has 0 spiro atoms. The first kappa shape index (κ1) is 20.9. The molecule has 2 aliphatic heterocycles. The molecule has 32 heavy (non-hydrogen) atoms. The summed E-state index contributed by atoms with van der Waals surface area (Å²) in [6.45, 7) is 7.59. The monoisotopic (exact) mass is 430 g/mol. The van der Waals surface area contributed by atoms with Crippen LogP contribution in [-0.2, 0) is 19.6 Å². The molecule has 3 aromatic carbocycles. The van der Waals surface area contributed by atoms with Gasteiger partial charge in [-0.2, -0.15) is 0 Å². The topological polar surface area (TPSA) is 34.2 Å². The van der Waals surface area contributed by atoms with Gasteiger partial charge in [-0.15, -0.1) is 0 Å². The maximum atomic E-state index is 5.92. The van der Waals surface area contributed by atoms with Crippen LogP contribution in [0.5, 0.6) is 17.2 Å². The van der Waals surface area contributed by atoms with Gasteiger partial charge in [-0.05, 0) is 35.2 Å². The van der Waals surface area contributed by atoms with Crippen LogP contribution in [0.3, 0.4) is 0 Å². The van der Waals surface area contributed by atoms with Crippen LogP contribution >= 0.6 is 0 Å². The molecular weight excluding hydrogens is 400 g/mol. The molecule has 2 aliphatic rings. The molecule has 0 amide bonds. The molecule has 0 bridgehead atoms. The highest BCUT2D eigenvalue weighted by atomic mass is 16.7. The van der Waals surface area contributed by atoms with E-state index in [4.69, 9.17) is 14.2 Å². The minimum Gasteiger partial charge on any atom is -0.489 e. The van der Waals surface area contributed by atoms with Gasteiger partial charge in [0, 0.05) is 45.3 Å². The number of piperazine rings is 1. The van der Waals surface area contributed by atoms with E-state index in [0.29, 0.717) is 6.61 Å². The largest absolute Gasteiger partial charge is 0.489 e. The predicted molar refractivity (Wildman–Crippen MR) is 125 cm³/mol. The second-order valence-electron chi connectivity index (χ2n) is 8.47. The minimum atomic E-state index is 0.281. The summed E-state index contributed by atoms with van der Waals surface area (Å²) in [6, 6.07) is 25.3. The molecule has 5 heteroatoms. The third-order valence-electron chi connectivity index (χ3n) is 6.20. The van der Waals surface area contributed by atoms with E-state index < -0.39 is 0 Å². The number of ether oxygens (including phenoxy) is 3. The second-order valence-corrected chi connectivity index (χ2v) is 8.47. The van der Waals surface area contributed by atoms with Gasteiger partial charge in [-0.25, -0.2) is 0 Å². The van der Waals surface area contributed by atoms with E-state index in [0.717, 1.165) is 62.9 Å². The Hall–Kier alpha value is -3.02. The number of fused-ring (bicyclic) bond motifs is 1. The van der Waals surface area contributed by atoms with Crippen molar-refractivity contribution in [1.82, 2.24) is 9.80 Å². The van der Waals surface area contributed by atoms with Gasteiger partial charge >= 0.3 is 0 Å². The van der Waals surface area contributed by atoms with E-state index in [1.54, 1.807) is 0 Å². The molecule has 0 atom stereocenters. The molecule has 0 N–H and O–H groups in total. The molecule has 166 valence electrons. The Morgan fingerprint density at radius 3 is 2.22 bits per heavy atom. The lowest BCUT2D eigenvalue weighted by Gasteiger charge is -2.34. The van der Waals surface area contributed by atoms with Crippen LogP contribution in [0.1, 0.15) is 16.7 Å². The number of benzene rings is 3. The molecule has 5 nitrogen and oxygen atoms in total. The average Bonchev–Trinajstić information content (AvgIpc) is 3.32. The summed E-state index contributed by atoms with van der Waals surface area (Å²) < 4.78 is 16.7. The highest BCUT2D eigenvalue weighted by Crippen LogP contribution is 2.35. The van der Waals surface area contributed by atoms with Gasteiger partial charge in [0.05, 0.1) is 0 Å². The highest BCUT2D eigenvalue weighted by Gasteiger charge is 2.17. The lowest BCUT2D eigenvalue weighted by molar-refractivity contribution is 0.128. The van der Waals surface area contributed by atoms with Crippen molar-refractivity contribution in [2.75, 3.05) is 39.5 Å². The molecule has 0 saturated carbocycles. The number of hydrogen-bond donors (Lipinski definition) is 0. The van der Waals surface area contributed by atoms with Crippen molar-refractivity contribution in [3.63, 3.8) is 0 Å². The molecule has 3 aromatic rings. The summed E-state index contributed by atoms with van der Waals surface area (Å²) in [5.74, 6) is 2.32. The van der Waals surface area contributed by atoms with Crippen molar-refractivity contribution in [2.45, 2.75) is 19.6 Å². The van der Waals surface area contributed by atoms with Gasteiger partial charge in [0.25, 0.3) is 0 Å². The molecular formula is C27H30N2O3. The van der Waals surface area contributed by atoms with E-state index in [1.807, 2.05) is 18.2 Å². The Morgan fingerprint density at radius 1 is 0.688 bits per heavy atom. The first-order valence-electron chi connectivity index (χ1n) is 11.4. The van der Waals surface area contributed by atoms with Crippen molar-refractivity contribution in [2.24, 2.45) is 0 Å². The molecule has 0 aliphatic carbocycles. The summed E-state index contributed by atoms with van der Waals surface area (Å²) in [7, 11) is 0. The van der Waals surface area contributed by atoms with Crippen LogP contribution < -0.4 is 14.2 Å². The van der Waals surface area contributed by atoms with Crippen LogP contribution in [0, 0.1) is 0 Å². The van der Waals surface area contributed by atoms with Crippen molar-refractivity contribution in [1.29, 1.82) is 0 Å². The van der Waals surface area contributed by atoms with Crippen molar-refractivity contribution < 1.29 is 14.2 Å². The molecule has 0 aromatic heterocycles. The average molecular weight is 431 g/mol. The van der Waals surface area contributed by atoms with Crippen LogP contribution in [0.2, 0.25) is 0 Å². The van der Waals surface area contributed by atoms with Gasteiger partial charge < -0.3 is 19.1 Å². The molecule has 0 unspecified atom stereocenters. The number of hydrogen-bond acceptors (Lipinski definition) is 5. The summed E-state index contributed by atoms with van der Waals surface area (Å²) in [4.78, 5) is 5.14. The Kier molecular flexibility index (Phi) is 6.56. The lowest BCUT2D eigenvalue weighted by atomic mass is 10.1. The first-order chi connectivity index (χ1) is 15.8. The summed E-state index contributed by atoms with van der Waals surface area (Å²) in [5, 5.41) is 0. The second kappa shape index (κ2) is 10.1. The van der Waals surface area contributed by atoms with Gasteiger partial charge in [0.1, 0.15) is 12.4 Å². The molecule has 2 heterocycles. The van der Waals surface area contributed by atoms with E-state index >= 15 is 0 Å². The van der Waals surface area contributed by atoms with E-state index in [1.165, 1.54) is 16.7 Å². The normalized spacial score (nSPS) is 16.2. The van der Waals surface area contributed by atoms with Gasteiger partial charge in [0.2, 0.25) is 6.79 Å². The van der Waals surface area contributed by atoms with Gasteiger partial charge in [-0.1, -0.05) is 54.6 Å². The SMILES string of the molecule is c1ccc(CN2CCN(CCc3ccc(COc4ccc5c(c4)OCO5)cc3)CC2)cc1. The van der Waals surface area contributed by atoms with E-state index in [9.17, 15) is 0 Å². The van der Waals surface area contributed by atoms with E-state index in [-0.39, 0.29) is 6.79 Å². The zero-order valence-electron chi connectivity index (χ0n) is 18.4. The van der Waals surface area contributed by atoms with E-state index in [2.05, 4.69) is 64.4 Å². The Bertz CT molecular complexity index is 999. The van der Waals surface area contributed by atoms with Crippen LogP contribution in [0.15, 0.2) is 72.8 Å². The zero-order chi connectivity index (χ0) is 21.6. The fourth-order valence-electron chi connectivity index (χ4n) is 4.24. The zero-order valence-corrected chi connectivity index (χ0v) is 18.4.